The number of rotatable bonds is 6. The van der Waals surface area contributed by atoms with Crippen LogP contribution in [0, 0.1) is 6.92 Å². The average Bonchev–Trinajstić information content (AvgIpc) is 2.79. The van der Waals surface area contributed by atoms with Crippen molar-refractivity contribution in [3.63, 3.8) is 0 Å². The van der Waals surface area contributed by atoms with Crippen LogP contribution in [0.15, 0.2) is 59.4 Å². The molecule has 31 heavy (non-hydrogen) atoms. The van der Waals surface area contributed by atoms with E-state index in [0.717, 1.165) is 41.8 Å². The molecule has 0 radical (unpaired) electrons. The Morgan fingerprint density at radius 3 is 2.68 bits per heavy atom. The molecular formula is C24H28N4O3. The smallest absolute Gasteiger partial charge is 0.322 e. The summed E-state index contributed by atoms with van der Waals surface area (Å²) in [5.74, 6) is 0. The summed E-state index contributed by atoms with van der Waals surface area (Å²) in [6.07, 6.45) is 0. The van der Waals surface area contributed by atoms with Crippen LogP contribution in [0.2, 0.25) is 0 Å². The molecule has 7 nitrogen and oxygen atoms in total. The maximum atomic E-state index is 13.1. The fourth-order valence-corrected chi connectivity index (χ4v) is 3.81. The van der Waals surface area contributed by atoms with Gasteiger partial charge in [-0.25, -0.2) is 4.79 Å². The first-order valence-corrected chi connectivity index (χ1v) is 10.6. The van der Waals surface area contributed by atoms with Crippen molar-refractivity contribution in [1.29, 1.82) is 0 Å². The van der Waals surface area contributed by atoms with Gasteiger partial charge in [-0.15, -0.1) is 0 Å². The standard InChI is InChI=1S/C24H28N4O3/c1-18-6-5-7-19-16-20(23(29)26-22(18)19)17-28(11-10-27-12-14-31-15-13-27)24(30)25-21-8-3-2-4-9-21/h2-9,16H,10-15,17H2,1H3,(H,25,30)(H,26,29). The van der Waals surface area contributed by atoms with Crippen molar-refractivity contribution in [2.24, 2.45) is 0 Å². The van der Waals surface area contributed by atoms with Crippen LogP contribution < -0.4 is 10.9 Å². The van der Waals surface area contributed by atoms with Gasteiger partial charge in [0.2, 0.25) is 0 Å². The predicted octanol–water partition coefficient (Wildman–Crippen LogP) is 3.20. The number of nitrogens with one attached hydrogen (secondary N) is 2. The number of morpholine rings is 1. The lowest BCUT2D eigenvalue weighted by molar-refractivity contribution is 0.0349. The van der Waals surface area contributed by atoms with E-state index in [1.165, 1.54) is 0 Å². The first kappa shape index (κ1) is 21.1. The normalized spacial score (nSPS) is 14.5. The van der Waals surface area contributed by atoms with Gasteiger partial charge in [-0.2, -0.15) is 0 Å². The van der Waals surface area contributed by atoms with Crippen LogP contribution in [0.4, 0.5) is 10.5 Å². The number of anilines is 1. The second kappa shape index (κ2) is 9.76. The molecule has 2 aromatic carbocycles. The van der Waals surface area contributed by atoms with Crippen LogP contribution >= 0.6 is 0 Å². The number of para-hydroxylation sites is 2. The average molecular weight is 421 g/mol. The first-order valence-electron chi connectivity index (χ1n) is 10.6. The Labute approximate surface area is 181 Å². The number of amides is 2. The van der Waals surface area contributed by atoms with E-state index < -0.39 is 0 Å². The molecule has 0 saturated carbocycles. The third kappa shape index (κ3) is 5.31. The number of fused-ring (bicyclic) bond motifs is 1. The molecule has 0 unspecified atom stereocenters. The summed E-state index contributed by atoms with van der Waals surface area (Å²) < 4.78 is 5.41. The van der Waals surface area contributed by atoms with E-state index in [2.05, 4.69) is 15.2 Å². The highest BCUT2D eigenvalue weighted by Crippen LogP contribution is 2.16. The molecule has 1 aliphatic heterocycles. The van der Waals surface area contributed by atoms with Crippen molar-refractivity contribution in [3.8, 4) is 0 Å². The zero-order valence-corrected chi connectivity index (χ0v) is 17.8. The number of hydrogen-bond donors (Lipinski definition) is 2. The zero-order valence-electron chi connectivity index (χ0n) is 17.8. The SMILES string of the molecule is Cc1cccc2cc(CN(CCN3CCOCC3)C(=O)Nc3ccccc3)c(=O)[nH]c12. The molecule has 162 valence electrons. The second-order valence-electron chi connectivity index (χ2n) is 7.83. The molecule has 1 aliphatic rings. The number of ether oxygens (including phenoxy) is 1. The van der Waals surface area contributed by atoms with Crippen molar-refractivity contribution >= 4 is 22.6 Å². The highest BCUT2D eigenvalue weighted by atomic mass is 16.5. The Hall–Kier alpha value is -3.16. The third-order valence-corrected chi connectivity index (χ3v) is 5.63. The van der Waals surface area contributed by atoms with Gasteiger partial charge >= 0.3 is 6.03 Å². The number of H-pyrrole nitrogens is 1. The lowest BCUT2D eigenvalue weighted by Crippen LogP contribution is -2.44. The van der Waals surface area contributed by atoms with Crippen LogP contribution in [0.1, 0.15) is 11.1 Å². The fraction of sp³-hybridized carbons (Fsp3) is 0.333. The van der Waals surface area contributed by atoms with E-state index in [0.29, 0.717) is 25.3 Å². The molecule has 2 amide bonds. The number of benzene rings is 2. The van der Waals surface area contributed by atoms with Crippen LogP contribution in [0.5, 0.6) is 0 Å². The molecule has 1 saturated heterocycles. The van der Waals surface area contributed by atoms with Gasteiger partial charge in [-0.1, -0.05) is 36.4 Å². The monoisotopic (exact) mass is 420 g/mol. The molecule has 0 aliphatic carbocycles. The van der Waals surface area contributed by atoms with Gasteiger partial charge in [-0.05, 0) is 36.1 Å². The van der Waals surface area contributed by atoms with Crippen LogP contribution in [-0.2, 0) is 11.3 Å². The minimum absolute atomic E-state index is 0.161. The molecule has 1 aromatic heterocycles. The van der Waals surface area contributed by atoms with E-state index in [1.54, 1.807) is 4.90 Å². The highest BCUT2D eigenvalue weighted by molar-refractivity contribution is 5.89. The van der Waals surface area contributed by atoms with Gasteiger partial charge in [0.1, 0.15) is 0 Å². The maximum Gasteiger partial charge on any atom is 0.322 e. The Balaban J connectivity index is 1.55. The molecule has 7 heteroatoms. The molecule has 0 spiro atoms. The predicted molar refractivity (Wildman–Crippen MR) is 122 cm³/mol. The number of nitrogens with zero attached hydrogens (tertiary/aromatic N) is 2. The molecule has 3 aromatic rings. The van der Waals surface area contributed by atoms with Crippen LogP contribution in [0.3, 0.4) is 0 Å². The molecule has 0 bridgehead atoms. The number of urea groups is 1. The largest absolute Gasteiger partial charge is 0.379 e. The highest BCUT2D eigenvalue weighted by Gasteiger charge is 2.19. The van der Waals surface area contributed by atoms with E-state index in [9.17, 15) is 9.59 Å². The summed E-state index contributed by atoms with van der Waals surface area (Å²) in [4.78, 5) is 32.8. The molecule has 0 atom stereocenters. The van der Waals surface area contributed by atoms with Crippen molar-refractivity contribution in [2.75, 3.05) is 44.7 Å². The summed E-state index contributed by atoms with van der Waals surface area (Å²) >= 11 is 0. The molecule has 1 fully saturated rings. The third-order valence-electron chi connectivity index (χ3n) is 5.63. The fourth-order valence-electron chi connectivity index (χ4n) is 3.81. The Morgan fingerprint density at radius 1 is 1.13 bits per heavy atom. The number of aromatic amines is 1. The minimum atomic E-state index is -0.219. The quantitative estimate of drug-likeness (QED) is 0.642. The molecule has 4 rings (SSSR count). The van der Waals surface area contributed by atoms with Crippen molar-refractivity contribution < 1.29 is 9.53 Å². The maximum absolute atomic E-state index is 13.1. The lowest BCUT2D eigenvalue weighted by atomic mass is 10.1. The molecule has 2 heterocycles. The van der Waals surface area contributed by atoms with Gasteiger partial charge < -0.3 is 19.9 Å². The first-order chi connectivity index (χ1) is 15.1. The number of aromatic nitrogens is 1. The van der Waals surface area contributed by atoms with Crippen LogP contribution in [0.25, 0.3) is 10.9 Å². The topological polar surface area (TPSA) is 77.7 Å². The van der Waals surface area contributed by atoms with Crippen molar-refractivity contribution in [3.05, 3.63) is 76.1 Å². The van der Waals surface area contributed by atoms with Crippen molar-refractivity contribution in [2.45, 2.75) is 13.5 Å². The van der Waals surface area contributed by atoms with Gasteiger partial charge in [-0.3, -0.25) is 9.69 Å². The summed E-state index contributed by atoms with van der Waals surface area (Å²) in [5, 5.41) is 3.91. The van der Waals surface area contributed by atoms with Gasteiger partial charge in [0, 0.05) is 37.4 Å². The molecule has 2 N–H and O–H groups in total. The van der Waals surface area contributed by atoms with E-state index in [-0.39, 0.29) is 18.1 Å². The van der Waals surface area contributed by atoms with Gasteiger partial charge in [0.25, 0.3) is 5.56 Å². The summed E-state index contributed by atoms with van der Waals surface area (Å²) in [5.41, 5.74) is 3.00. The molecular weight excluding hydrogens is 392 g/mol. The number of carbonyl (C=O) groups excluding carboxylic acids is 1. The van der Waals surface area contributed by atoms with Gasteiger partial charge in [0.05, 0.1) is 25.3 Å². The number of pyridine rings is 1. The number of carbonyl (C=O) groups is 1. The summed E-state index contributed by atoms with van der Waals surface area (Å²) in [6, 6.07) is 17.0. The number of aryl methyl sites for hydroxylation is 1. The Bertz CT molecular complexity index is 1090. The minimum Gasteiger partial charge on any atom is -0.379 e. The Morgan fingerprint density at radius 2 is 1.90 bits per heavy atom. The summed E-state index contributed by atoms with van der Waals surface area (Å²) in [6.45, 7) is 6.58. The zero-order chi connectivity index (χ0) is 21.6. The van der Waals surface area contributed by atoms with E-state index in [1.807, 2.05) is 61.5 Å². The van der Waals surface area contributed by atoms with E-state index >= 15 is 0 Å². The van der Waals surface area contributed by atoms with Crippen molar-refractivity contribution in [1.82, 2.24) is 14.8 Å². The Kier molecular flexibility index (Phi) is 6.64. The second-order valence-corrected chi connectivity index (χ2v) is 7.83. The lowest BCUT2D eigenvalue weighted by Gasteiger charge is -2.30. The summed E-state index contributed by atoms with van der Waals surface area (Å²) in [7, 11) is 0. The van der Waals surface area contributed by atoms with Gasteiger partial charge in [0.15, 0.2) is 0 Å². The van der Waals surface area contributed by atoms with E-state index in [4.69, 9.17) is 4.74 Å². The van der Waals surface area contributed by atoms with Crippen LogP contribution in [-0.4, -0.2) is 60.2 Å². The number of hydrogen-bond acceptors (Lipinski definition) is 4.